The average Bonchev–Trinajstić information content (AvgIpc) is 3.41. The van der Waals surface area contributed by atoms with Crippen molar-refractivity contribution in [3.05, 3.63) is 82.9 Å². The van der Waals surface area contributed by atoms with E-state index < -0.39 is 52.3 Å². The maximum atomic E-state index is 14.0. The van der Waals surface area contributed by atoms with E-state index in [0.717, 1.165) is 18.3 Å². The van der Waals surface area contributed by atoms with E-state index in [0.29, 0.717) is 54.6 Å². The van der Waals surface area contributed by atoms with Gasteiger partial charge in [-0.3, -0.25) is 19.6 Å². The van der Waals surface area contributed by atoms with Gasteiger partial charge in [-0.05, 0) is 62.2 Å². The molecule has 244 valence electrons. The van der Waals surface area contributed by atoms with Crippen molar-refractivity contribution in [3.63, 3.8) is 0 Å². The second-order valence-corrected chi connectivity index (χ2v) is 10.9. The first-order chi connectivity index (χ1) is 21.6. The number of methoxy groups -OCH3 is 2. The number of ether oxygens (including phenoxy) is 2. The van der Waals surface area contributed by atoms with Crippen molar-refractivity contribution in [2.75, 3.05) is 26.1 Å². The Balaban J connectivity index is 1.54. The number of nitrogens with zero attached hydrogens (tertiary/aromatic N) is 3. The lowest BCUT2D eigenvalue weighted by Crippen LogP contribution is -2.60. The lowest BCUT2D eigenvalue weighted by atomic mass is 9.90. The Bertz CT molecular complexity index is 1710. The number of nitrogens with one attached hydrogen (secondary N) is 1. The maximum Gasteiger partial charge on any atom is 0.433 e. The molecule has 2 N–H and O–H groups in total. The monoisotopic (exact) mass is 650 g/mol. The summed E-state index contributed by atoms with van der Waals surface area (Å²) >= 11 is 0. The van der Waals surface area contributed by atoms with E-state index in [1.54, 1.807) is 30.1 Å². The molecule has 0 radical (unpaired) electrons. The Morgan fingerprint density at radius 1 is 1.02 bits per heavy atom. The summed E-state index contributed by atoms with van der Waals surface area (Å²) in [5.41, 5.74) is -4.41. The topological polar surface area (TPSA) is 104 Å². The molecule has 1 aromatic heterocycles. The third-order valence-electron chi connectivity index (χ3n) is 8.08. The molecule has 0 saturated carbocycles. The van der Waals surface area contributed by atoms with Crippen LogP contribution in [0.25, 0.3) is 11.1 Å². The number of aliphatic hydroxyl groups is 1. The number of hydrogen-bond acceptors (Lipinski definition) is 7. The summed E-state index contributed by atoms with van der Waals surface area (Å²) in [5, 5.41) is 16.7. The Morgan fingerprint density at radius 3 is 2.37 bits per heavy atom. The Kier molecular flexibility index (Phi) is 8.40. The molecule has 2 aromatic carbocycles. The van der Waals surface area contributed by atoms with Crippen molar-refractivity contribution in [2.24, 2.45) is 0 Å². The van der Waals surface area contributed by atoms with Crippen LogP contribution < -0.4 is 14.8 Å². The van der Waals surface area contributed by atoms with Gasteiger partial charge in [-0.15, -0.1) is 0 Å². The number of anilines is 1. The van der Waals surface area contributed by atoms with Gasteiger partial charge in [0.25, 0.3) is 11.8 Å². The lowest BCUT2D eigenvalue weighted by Gasteiger charge is -2.46. The summed E-state index contributed by atoms with van der Waals surface area (Å²) in [5.74, 6) is -1.62. The molecule has 2 amide bonds. The number of halogens is 6. The molecule has 2 aliphatic heterocycles. The zero-order valence-electron chi connectivity index (χ0n) is 24.7. The number of amides is 2. The summed E-state index contributed by atoms with van der Waals surface area (Å²) < 4.78 is 90.9. The number of aromatic nitrogens is 1. The number of hydrogen-bond donors (Lipinski definition) is 2. The van der Waals surface area contributed by atoms with E-state index in [-0.39, 0.29) is 23.4 Å². The van der Waals surface area contributed by atoms with E-state index in [1.165, 1.54) is 19.2 Å². The minimum absolute atomic E-state index is 0.0817. The van der Waals surface area contributed by atoms with Crippen LogP contribution >= 0.6 is 0 Å². The first-order valence-corrected chi connectivity index (χ1v) is 13.9. The smallest absolute Gasteiger partial charge is 0.433 e. The van der Waals surface area contributed by atoms with Crippen molar-refractivity contribution in [2.45, 2.75) is 44.2 Å². The molecule has 3 heterocycles. The van der Waals surface area contributed by atoms with Crippen LogP contribution in [0.2, 0.25) is 0 Å². The predicted octanol–water partition coefficient (Wildman–Crippen LogP) is 6.37. The number of rotatable bonds is 7. The van der Waals surface area contributed by atoms with E-state index in [4.69, 9.17) is 9.47 Å². The molecule has 0 unspecified atom stereocenters. The Labute approximate surface area is 259 Å². The number of carbonyl (C=O) groups is 2. The minimum Gasteiger partial charge on any atom is -0.509 e. The second-order valence-electron chi connectivity index (χ2n) is 10.9. The highest BCUT2D eigenvalue weighted by atomic mass is 19.4. The zero-order chi connectivity index (χ0) is 33.6. The molecule has 1 fully saturated rings. The van der Waals surface area contributed by atoms with Gasteiger partial charge in [0.15, 0.2) is 0 Å². The quantitative estimate of drug-likeness (QED) is 0.226. The normalized spacial score (nSPS) is 18.9. The number of carbonyl (C=O) groups excluding carboxylic acids is 2. The Hall–Kier alpha value is -4.79. The Morgan fingerprint density at radius 2 is 1.76 bits per heavy atom. The summed E-state index contributed by atoms with van der Waals surface area (Å²) in [6.45, 7) is 1.95. The van der Waals surface area contributed by atoms with Crippen molar-refractivity contribution >= 4 is 17.5 Å². The van der Waals surface area contributed by atoms with Crippen LogP contribution in [0.4, 0.5) is 32.0 Å². The molecule has 9 nitrogen and oxygen atoms in total. The summed E-state index contributed by atoms with van der Waals surface area (Å²) in [6, 6.07) is 8.73. The van der Waals surface area contributed by atoms with Gasteiger partial charge >= 0.3 is 12.4 Å². The second kappa shape index (κ2) is 11.9. The highest BCUT2D eigenvalue weighted by molar-refractivity contribution is 6.24. The van der Waals surface area contributed by atoms with Crippen LogP contribution in [0.15, 0.2) is 66.1 Å². The van der Waals surface area contributed by atoms with Crippen LogP contribution in [0.1, 0.15) is 36.6 Å². The molecular formula is C31H28F6N4O5. The number of alkyl halides is 6. The van der Waals surface area contributed by atoms with Crippen LogP contribution in [-0.4, -0.2) is 58.2 Å². The van der Waals surface area contributed by atoms with Crippen molar-refractivity contribution < 1.29 is 50.5 Å². The number of pyridine rings is 1. The number of benzene rings is 2. The largest absolute Gasteiger partial charge is 0.509 e. The molecule has 5 rings (SSSR count). The van der Waals surface area contributed by atoms with Crippen molar-refractivity contribution in [3.8, 4) is 22.6 Å². The van der Waals surface area contributed by atoms with Gasteiger partial charge in [0.2, 0.25) is 0 Å². The van der Waals surface area contributed by atoms with Crippen molar-refractivity contribution in [1.82, 2.24) is 15.0 Å². The van der Waals surface area contributed by atoms with Crippen LogP contribution in [0.5, 0.6) is 11.5 Å². The molecule has 46 heavy (non-hydrogen) atoms. The summed E-state index contributed by atoms with van der Waals surface area (Å²) in [4.78, 5) is 31.0. The first-order valence-electron chi connectivity index (χ1n) is 13.9. The SMILES string of the molecule is COc1ccc(OC)c(CN2C(=O)C(C(=O)Nc3ccc(C(F)(F)F)cc3-c3ccc(C(F)(F)F)nc3)=C(O)[C@@]3(C)CCCN23)c1. The van der Waals surface area contributed by atoms with Gasteiger partial charge < -0.3 is 19.9 Å². The first kappa shape index (κ1) is 32.6. The van der Waals surface area contributed by atoms with E-state index in [2.05, 4.69) is 10.3 Å². The predicted molar refractivity (Wildman–Crippen MR) is 152 cm³/mol. The van der Waals surface area contributed by atoms with Crippen LogP contribution in [0, 0.1) is 0 Å². The number of aliphatic hydroxyl groups excluding tert-OH is 1. The number of fused-ring (bicyclic) bond motifs is 1. The van der Waals surface area contributed by atoms with Gasteiger partial charge in [-0.25, -0.2) is 5.01 Å². The summed E-state index contributed by atoms with van der Waals surface area (Å²) in [7, 11) is 2.91. The fourth-order valence-corrected chi connectivity index (χ4v) is 5.69. The molecule has 0 aliphatic carbocycles. The van der Waals surface area contributed by atoms with Gasteiger partial charge in [-0.1, -0.05) is 6.07 Å². The molecule has 0 spiro atoms. The molecule has 2 aliphatic rings. The van der Waals surface area contributed by atoms with Gasteiger partial charge in [0, 0.05) is 35.1 Å². The fourth-order valence-electron chi connectivity index (χ4n) is 5.69. The fraction of sp³-hybridized carbons (Fsp3) is 0.323. The van der Waals surface area contributed by atoms with Crippen LogP contribution in [0.3, 0.4) is 0 Å². The van der Waals surface area contributed by atoms with Crippen LogP contribution in [-0.2, 0) is 28.5 Å². The minimum atomic E-state index is -4.82. The lowest BCUT2D eigenvalue weighted by molar-refractivity contribution is -0.160. The third-order valence-corrected chi connectivity index (χ3v) is 8.08. The summed E-state index contributed by atoms with van der Waals surface area (Å²) in [6.07, 6.45) is -7.94. The molecular weight excluding hydrogens is 622 g/mol. The average molecular weight is 651 g/mol. The van der Waals surface area contributed by atoms with E-state index >= 15 is 0 Å². The van der Waals surface area contributed by atoms with Gasteiger partial charge in [0.05, 0.1) is 31.9 Å². The highest BCUT2D eigenvalue weighted by Gasteiger charge is 2.52. The molecule has 15 heteroatoms. The standard InChI is InChI=1S/C31H28F6N4O5/c1-29-11-4-12-41(29)40(16-18-13-20(45-2)7-9-23(18)46-3)28(44)25(26(29)42)27(43)39-22-8-6-19(30(32,33)34)14-21(22)17-5-10-24(38-15-17)31(35,36)37/h5-10,13-15,42H,4,11-12,16H2,1-3H3,(H,39,43)/t29-/m1/s1. The highest BCUT2D eigenvalue weighted by Crippen LogP contribution is 2.43. The van der Waals surface area contributed by atoms with Gasteiger partial charge in [0.1, 0.15) is 28.5 Å². The third kappa shape index (κ3) is 5.94. The number of hydrazine groups is 1. The molecule has 3 aromatic rings. The molecule has 1 saturated heterocycles. The zero-order valence-corrected chi connectivity index (χ0v) is 24.7. The van der Waals surface area contributed by atoms with E-state index in [9.17, 15) is 41.0 Å². The maximum absolute atomic E-state index is 14.0. The molecule has 0 bridgehead atoms. The molecule has 1 atom stereocenters. The van der Waals surface area contributed by atoms with E-state index in [1.807, 2.05) is 0 Å². The van der Waals surface area contributed by atoms with Crippen molar-refractivity contribution in [1.29, 1.82) is 0 Å². The van der Waals surface area contributed by atoms with Gasteiger partial charge in [-0.2, -0.15) is 26.3 Å².